The molecule has 0 unspecified atom stereocenters. The van der Waals surface area contributed by atoms with E-state index in [2.05, 4.69) is 15.4 Å². The summed E-state index contributed by atoms with van der Waals surface area (Å²) in [7, 11) is 1.60. The van der Waals surface area contributed by atoms with Crippen molar-refractivity contribution in [3.8, 4) is 5.69 Å². The number of anilines is 1. The smallest absolute Gasteiger partial charge is 0.262 e. The zero-order valence-electron chi connectivity index (χ0n) is 18.1. The molecule has 2 heterocycles. The number of halogens is 1. The van der Waals surface area contributed by atoms with Gasteiger partial charge in [0.2, 0.25) is 0 Å². The average molecular weight is 468 g/mol. The number of rotatable bonds is 7. The number of hydrogen-bond acceptors (Lipinski definition) is 5. The Kier molecular flexibility index (Phi) is 6.47. The first-order valence-electron chi connectivity index (χ1n) is 10.3. The summed E-state index contributed by atoms with van der Waals surface area (Å²) in [5.41, 5.74) is 1.89. The van der Waals surface area contributed by atoms with Crippen LogP contribution in [0.2, 0.25) is 0 Å². The maximum Gasteiger partial charge on any atom is 0.262 e. The molecule has 10 heteroatoms. The van der Waals surface area contributed by atoms with Gasteiger partial charge in [-0.3, -0.25) is 14.2 Å². The fourth-order valence-electron chi connectivity index (χ4n) is 3.52. The molecule has 0 spiro atoms. The monoisotopic (exact) mass is 467 g/mol. The molecule has 8 nitrogen and oxygen atoms in total. The second kappa shape index (κ2) is 9.47. The van der Waals surface area contributed by atoms with E-state index in [1.54, 1.807) is 50.4 Å². The van der Waals surface area contributed by atoms with Gasteiger partial charge in [-0.2, -0.15) is 5.10 Å². The van der Waals surface area contributed by atoms with Crippen molar-refractivity contribution < 1.29 is 13.9 Å². The number of hydrogen-bond donors (Lipinski definition) is 2. The molecular formula is C23H22FN5O3S. The van der Waals surface area contributed by atoms with E-state index in [1.165, 1.54) is 21.4 Å². The number of carbonyl (C=O) groups is 1. The highest BCUT2D eigenvalue weighted by Gasteiger charge is 2.14. The number of aromatic nitrogens is 4. The maximum absolute atomic E-state index is 13.3. The van der Waals surface area contributed by atoms with E-state index in [0.717, 1.165) is 0 Å². The Hall–Kier alpha value is -3.63. The van der Waals surface area contributed by atoms with Crippen LogP contribution in [0, 0.1) is 17.5 Å². The summed E-state index contributed by atoms with van der Waals surface area (Å²) in [6.07, 6.45) is 0.654. The molecule has 0 aliphatic carbocycles. The number of carbonyl (C=O) groups excluding carboxylic acids is 1. The number of amides is 1. The Balaban J connectivity index is 1.63. The summed E-state index contributed by atoms with van der Waals surface area (Å²) in [5, 5.41) is 7.64. The van der Waals surface area contributed by atoms with Gasteiger partial charge in [-0.1, -0.05) is 0 Å². The molecule has 2 aromatic carbocycles. The third-order valence-electron chi connectivity index (χ3n) is 5.12. The summed E-state index contributed by atoms with van der Waals surface area (Å²) in [5.74, 6) is -0.311. The van der Waals surface area contributed by atoms with E-state index < -0.39 is 0 Å². The topological polar surface area (TPSA) is 93.9 Å². The van der Waals surface area contributed by atoms with Gasteiger partial charge in [-0.05, 0) is 68.0 Å². The first-order chi connectivity index (χ1) is 15.9. The highest BCUT2D eigenvalue weighted by Crippen LogP contribution is 2.19. The van der Waals surface area contributed by atoms with Gasteiger partial charge in [-0.25, -0.2) is 9.07 Å². The minimum absolute atomic E-state index is 0.221. The zero-order chi connectivity index (χ0) is 23.5. The molecule has 0 saturated carbocycles. The number of nitrogens with zero attached hydrogens (tertiary/aromatic N) is 3. The lowest BCUT2D eigenvalue weighted by molar-refractivity contribution is 0.102. The normalized spacial score (nSPS) is 11.1. The predicted molar refractivity (Wildman–Crippen MR) is 126 cm³/mol. The number of fused-ring (bicyclic) bond motifs is 1. The quantitative estimate of drug-likeness (QED) is 0.317. The van der Waals surface area contributed by atoms with Gasteiger partial charge in [0.1, 0.15) is 11.6 Å². The van der Waals surface area contributed by atoms with Crippen molar-refractivity contribution in [1.82, 2.24) is 19.3 Å². The number of ether oxygens (including phenoxy) is 1. The van der Waals surface area contributed by atoms with E-state index in [-0.39, 0.29) is 22.1 Å². The molecule has 4 aromatic rings. The zero-order valence-corrected chi connectivity index (χ0v) is 18.9. The summed E-state index contributed by atoms with van der Waals surface area (Å²) in [4.78, 5) is 28.8. The molecule has 0 bridgehead atoms. The van der Waals surface area contributed by atoms with Crippen LogP contribution in [0.15, 0.2) is 53.3 Å². The molecule has 0 radical (unpaired) electrons. The van der Waals surface area contributed by atoms with Crippen molar-refractivity contribution in [3.05, 3.63) is 80.7 Å². The standard InChI is InChI=1S/C23H22FN5O3S/c1-14-12-20(29(27-14)17-7-5-16(24)6-8-17)26-21(30)15-4-9-18-19(13-15)25-23(33)28(22(18)31)10-3-11-32-2/h4-9,12-13H,3,10-11H2,1-2H3,(H,25,33)(H,26,30). The number of H-pyrrole nitrogens is 1. The van der Waals surface area contributed by atoms with Gasteiger partial charge in [-0.15, -0.1) is 0 Å². The lowest BCUT2D eigenvalue weighted by atomic mass is 10.1. The number of methoxy groups -OCH3 is 1. The van der Waals surface area contributed by atoms with Crippen molar-refractivity contribution in [1.29, 1.82) is 0 Å². The molecule has 0 fully saturated rings. The van der Waals surface area contributed by atoms with Crippen molar-refractivity contribution in [3.63, 3.8) is 0 Å². The Morgan fingerprint density at radius 1 is 1.21 bits per heavy atom. The van der Waals surface area contributed by atoms with Crippen molar-refractivity contribution in [2.75, 3.05) is 19.0 Å². The molecular weight excluding hydrogens is 445 g/mol. The predicted octanol–water partition coefficient (Wildman–Crippen LogP) is 3.98. The van der Waals surface area contributed by atoms with E-state index in [1.807, 2.05) is 0 Å². The summed E-state index contributed by atoms with van der Waals surface area (Å²) < 4.78 is 21.6. The van der Waals surface area contributed by atoms with Crippen molar-refractivity contribution in [2.45, 2.75) is 19.9 Å². The van der Waals surface area contributed by atoms with Crippen LogP contribution in [0.1, 0.15) is 22.5 Å². The molecule has 4 rings (SSSR count). The summed E-state index contributed by atoms with van der Waals surface area (Å²) in [6, 6.07) is 12.3. The van der Waals surface area contributed by atoms with Crippen LogP contribution >= 0.6 is 12.2 Å². The van der Waals surface area contributed by atoms with Crippen molar-refractivity contribution >= 4 is 34.8 Å². The molecule has 33 heavy (non-hydrogen) atoms. The highest BCUT2D eigenvalue weighted by atomic mass is 32.1. The van der Waals surface area contributed by atoms with Gasteiger partial charge < -0.3 is 15.0 Å². The SMILES string of the molecule is COCCCn1c(=S)[nH]c2cc(C(=O)Nc3cc(C)nn3-c3ccc(F)cc3)ccc2c1=O. The Morgan fingerprint density at radius 3 is 2.70 bits per heavy atom. The largest absolute Gasteiger partial charge is 0.385 e. The van der Waals surface area contributed by atoms with Crippen LogP contribution in [0.4, 0.5) is 10.2 Å². The lowest BCUT2D eigenvalue weighted by Gasteiger charge is -2.11. The molecule has 0 saturated heterocycles. The number of nitrogens with one attached hydrogen (secondary N) is 2. The third kappa shape index (κ3) is 4.76. The maximum atomic E-state index is 13.3. The fraction of sp³-hybridized carbons (Fsp3) is 0.217. The van der Waals surface area contributed by atoms with Gasteiger partial charge >= 0.3 is 0 Å². The van der Waals surface area contributed by atoms with E-state index >= 15 is 0 Å². The van der Waals surface area contributed by atoms with Crippen LogP contribution in [-0.2, 0) is 11.3 Å². The second-order valence-corrected chi connectivity index (χ2v) is 7.89. The first-order valence-corrected chi connectivity index (χ1v) is 10.7. The Morgan fingerprint density at radius 2 is 1.97 bits per heavy atom. The van der Waals surface area contributed by atoms with Crippen LogP contribution in [-0.4, -0.2) is 39.0 Å². The Labute approximate surface area is 193 Å². The molecule has 0 aliphatic rings. The minimum Gasteiger partial charge on any atom is -0.385 e. The van der Waals surface area contributed by atoms with Crippen LogP contribution < -0.4 is 10.9 Å². The van der Waals surface area contributed by atoms with Crippen LogP contribution in [0.5, 0.6) is 0 Å². The van der Waals surface area contributed by atoms with E-state index in [9.17, 15) is 14.0 Å². The average Bonchev–Trinajstić information content (AvgIpc) is 3.16. The van der Waals surface area contributed by atoms with E-state index in [4.69, 9.17) is 17.0 Å². The van der Waals surface area contributed by atoms with Gasteiger partial charge in [0.15, 0.2) is 4.77 Å². The summed E-state index contributed by atoms with van der Waals surface area (Å²) in [6.45, 7) is 2.75. The first kappa shape index (κ1) is 22.6. The summed E-state index contributed by atoms with van der Waals surface area (Å²) >= 11 is 5.34. The molecule has 1 amide bonds. The third-order valence-corrected chi connectivity index (χ3v) is 5.44. The molecule has 170 valence electrons. The fourth-order valence-corrected chi connectivity index (χ4v) is 3.81. The highest BCUT2D eigenvalue weighted by molar-refractivity contribution is 7.71. The lowest BCUT2D eigenvalue weighted by Crippen LogP contribution is -2.23. The number of benzene rings is 2. The molecule has 2 N–H and O–H groups in total. The molecule has 0 atom stereocenters. The molecule has 2 aromatic heterocycles. The van der Waals surface area contributed by atoms with Crippen LogP contribution in [0.25, 0.3) is 16.6 Å². The van der Waals surface area contributed by atoms with Gasteiger partial charge in [0, 0.05) is 31.9 Å². The van der Waals surface area contributed by atoms with E-state index in [0.29, 0.717) is 53.2 Å². The van der Waals surface area contributed by atoms with Crippen LogP contribution in [0.3, 0.4) is 0 Å². The van der Waals surface area contributed by atoms with Crippen molar-refractivity contribution in [2.24, 2.45) is 0 Å². The Bertz CT molecular complexity index is 1440. The number of aryl methyl sites for hydroxylation is 1. The second-order valence-electron chi connectivity index (χ2n) is 7.51. The number of aromatic amines is 1. The van der Waals surface area contributed by atoms with Gasteiger partial charge in [0.25, 0.3) is 11.5 Å². The van der Waals surface area contributed by atoms with Gasteiger partial charge in [0.05, 0.1) is 22.3 Å². The molecule has 0 aliphatic heterocycles. The minimum atomic E-state index is -0.385.